The molecule has 1 saturated heterocycles. The summed E-state index contributed by atoms with van der Waals surface area (Å²) in [6.45, 7) is 10.0. The van der Waals surface area contributed by atoms with Crippen LogP contribution in [0.25, 0.3) is 0 Å². The van der Waals surface area contributed by atoms with Gasteiger partial charge in [-0.15, -0.1) is 0 Å². The summed E-state index contributed by atoms with van der Waals surface area (Å²) in [5.74, 6) is 1.04. The van der Waals surface area contributed by atoms with E-state index >= 15 is 0 Å². The van der Waals surface area contributed by atoms with Gasteiger partial charge in [-0.3, -0.25) is 0 Å². The number of rotatable bonds is 3. The van der Waals surface area contributed by atoms with Gasteiger partial charge in [0.25, 0.3) is 0 Å². The van der Waals surface area contributed by atoms with Crippen molar-refractivity contribution >= 4 is 0 Å². The van der Waals surface area contributed by atoms with Gasteiger partial charge in [0.15, 0.2) is 0 Å². The summed E-state index contributed by atoms with van der Waals surface area (Å²) in [6, 6.07) is 2.21. The first-order valence-corrected chi connectivity index (χ1v) is 5.41. The SMILES string of the molecule is Cc1cc(C)c(C)c(OCC2CO2)c1C. The maximum Gasteiger partial charge on any atom is 0.125 e. The molecule has 0 amide bonds. The molecule has 2 nitrogen and oxygen atoms in total. The molecule has 1 aromatic rings. The lowest BCUT2D eigenvalue weighted by Gasteiger charge is -2.15. The smallest absolute Gasteiger partial charge is 0.125 e. The molecule has 1 aromatic carbocycles. The normalized spacial score (nSPS) is 19.1. The highest BCUT2D eigenvalue weighted by Gasteiger charge is 2.24. The minimum absolute atomic E-state index is 0.324. The Morgan fingerprint density at radius 2 is 1.73 bits per heavy atom. The summed E-state index contributed by atoms with van der Waals surface area (Å²) < 4.78 is 11.0. The first kappa shape index (κ1) is 10.5. The number of epoxide rings is 1. The van der Waals surface area contributed by atoms with Gasteiger partial charge in [0.2, 0.25) is 0 Å². The lowest BCUT2D eigenvalue weighted by molar-refractivity contribution is 0.260. The van der Waals surface area contributed by atoms with Crippen molar-refractivity contribution in [3.63, 3.8) is 0 Å². The molecule has 1 fully saturated rings. The molecule has 1 atom stereocenters. The fourth-order valence-corrected chi connectivity index (χ4v) is 1.74. The van der Waals surface area contributed by atoms with E-state index in [9.17, 15) is 0 Å². The third-order valence-electron chi connectivity index (χ3n) is 3.11. The molecule has 2 heteroatoms. The summed E-state index contributed by atoms with van der Waals surface area (Å²) in [5.41, 5.74) is 5.09. The van der Waals surface area contributed by atoms with Crippen molar-refractivity contribution in [2.45, 2.75) is 33.8 Å². The van der Waals surface area contributed by atoms with E-state index in [0.717, 1.165) is 12.4 Å². The van der Waals surface area contributed by atoms with Gasteiger partial charge in [0.05, 0.1) is 6.61 Å². The minimum Gasteiger partial charge on any atom is -0.490 e. The molecule has 1 aliphatic heterocycles. The van der Waals surface area contributed by atoms with Gasteiger partial charge in [0, 0.05) is 0 Å². The molecule has 0 bridgehead atoms. The Bertz CT molecular complexity index is 352. The first-order valence-electron chi connectivity index (χ1n) is 5.41. The van der Waals surface area contributed by atoms with Crippen LogP contribution >= 0.6 is 0 Å². The molecule has 1 unspecified atom stereocenters. The van der Waals surface area contributed by atoms with Crippen molar-refractivity contribution in [3.05, 3.63) is 28.3 Å². The Morgan fingerprint density at radius 1 is 1.20 bits per heavy atom. The Hall–Kier alpha value is -1.02. The average molecular weight is 206 g/mol. The zero-order valence-corrected chi connectivity index (χ0v) is 9.89. The third-order valence-corrected chi connectivity index (χ3v) is 3.11. The van der Waals surface area contributed by atoms with Gasteiger partial charge in [-0.25, -0.2) is 0 Å². The second-order valence-electron chi connectivity index (χ2n) is 4.36. The number of benzene rings is 1. The van der Waals surface area contributed by atoms with Gasteiger partial charge >= 0.3 is 0 Å². The van der Waals surface area contributed by atoms with Crippen LogP contribution in [0.15, 0.2) is 6.07 Å². The van der Waals surface area contributed by atoms with Crippen molar-refractivity contribution in [2.75, 3.05) is 13.2 Å². The minimum atomic E-state index is 0.324. The zero-order chi connectivity index (χ0) is 11.0. The molecule has 0 aliphatic carbocycles. The molecule has 0 radical (unpaired) electrons. The van der Waals surface area contributed by atoms with Crippen LogP contribution < -0.4 is 4.74 Å². The van der Waals surface area contributed by atoms with Crippen molar-refractivity contribution in [1.29, 1.82) is 0 Å². The molecule has 0 spiro atoms. The fraction of sp³-hybridized carbons (Fsp3) is 0.538. The maximum atomic E-state index is 5.83. The number of hydrogen-bond donors (Lipinski definition) is 0. The predicted octanol–water partition coefficient (Wildman–Crippen LogP) is 2.70. The lowest BCUT2D eigenvalue weighted by Crippen LogP contribution is -2.07. The molecule has 0 aromatic heterocycles. The van der Waals surface area contributed by atoms with E-state index in [0.29, 0.717) is 12.7 Å². The summed E-state index contributed by atoms with van der Waals surface area (Å²) in [4.78, 5) is 0. The van der Waals surface area contributed by atoms with Crippen LogP contribution in [0.4, 0.5) is 0 Å². The number of aryl methyl sites for hydroxylation is 2. The molecule has 15 heavy (non-hydrogen) atoms. The highest BCUT2D eigenvalue weighted by molar-refractivity contribution is 5.48. The second kappa shape index (κ2) is 3.86. The van der Waals surface area contributed by atoms with Crippen molar-refractivity contribution in [3.8, 4) is 5.75 Å². The highest BCUT2D eigenvalue weighted by atomic mass is 16.6. The van der Waals surface area contributed by atoms with Gasteiger partial charge in [-0.05, 0) is 49.9 Å². The quantitative estimate of drug-likeness (QED) is 0.709. The summed E-state index contributed by atoms with van der Waals surface area (Å²) in [7, 11) is 0. The van der Waals surface area contributed by atoms with Crippen LogP contribution in [-0.4, -0.2) is 19.3 Å². The fourth-order valence-electron chi connectivity index (χ4n) is 1.74. The van der Waals surface area contributed by atoms with Crippen LogP contribution in [-0.2, 0) is 4.74 Å². The molecule has 1 aliphatic rings. The van der Waals surface area contributed by atoms with Gasteiger partial charge in [-0.1, -0.05) is 6.07 Å². The van der Waals surface area contributed by atoms with Crippen LogP contribution in [0.3, 0.4) is 0 Å². The van der Waals surface area contributed by atoms with Crippen molar-refractivity contribution < 1.29 is 9.47 Å². The Kier molecular flexibility index (Phi) is 2.70. The van der Waals surface area contributed by atoms with Crippen LogP contribution in [0.1, 0.15) is 22.3 Å². The standard InChI is InChI=1S/C13H18O2/c1-8-5-9(2)11(4)13(10(8)3)15-7-12-6-14-12/h5,12H,6-7H2,1-4H3. The van der Waals surface area contributed by atoms with E-state index in [4.69, 9.17) is 9.47 Å². The Balaban J connectivity index is 2.25. The summed E-state index contributed by atoms with van der Waals surface area (Å²) in [5, 5.41) is 0. The van der Waals surface area contributed by atoms with Gasteiger partial charge < -0.3 is 9.47 Å². The zero-order valence-electron chi connectivity index (χ0n) is 9.89. The van der Waals surface area contributed by atoms with E-state index < -0.39 is 0 Å². The predicted molar refractivity (Wildman–Crippen MR) is 60.6 cm³/mol. The second-order valence-corrected chi connectivity index (χ2v) is 4.36. The largest absolute Gasteiger partial charge is 0.490 e. The van der Waals surface area contributed by atoms with E-state index in [1.165, 1.54) is 22.3 Å². The molecule has 2 rings (SSSR count). The van der Waals surface area contributed by atoms with Crippen LogP contribution in [0.2, 0.25) is 0 Å². The molecular formula is C13H18O2. The highest BCUT2D eigenvalue weighted by Crippen LogP contribution is 2.29. The molecule has 0 saturated carbocycles. The summed E-state index contributed by atoms with van der Waals surface area (Å²) >= 11 is 0. The molecule has 1 heterocycles. The van der Waals surface area contributed by atoms with E-state index in [2.05, 4.69) is 33.8 Å². The Morgan fingerprint density at radius 3 is 2.20 bits per heavy atom. The van der Waals surface area contributed by atoms with E-state index in [1.54, 1.807) is 0 Å². The van der Waals surface area contributed by atoms with E-state index in [-0.39, 0.29) is 0 Å². The van der Waals surface area contributed by atoms with Crippen molar-refractivity contribution in [1.82, 2.24) is 0 Å². The summed E-state index contributed by atoms with van der Waals surface area (Å²) in [6.07, 6.45) is 0.324. The molecule has 0 N–H and O–H groups in total. The monoisotopic (exact) mass is 206 g/mol. The van der Waals surface area contributed by atoms with Crippen molar-refractivity contribution in [2.24, 2.45) is 0 Å². The topological polar surface area (TPSA) is 21.8 Å². The third kappa shape index (κ3) is 2.15. The molecule has 82 valence electrons. The number of hydrogen-bond acceptors (Lipinski definition) is 2. The van der Waals surface area contributed by atoms with Crippen LogP contribution in [0, 0.1) is 27.7 Å². The molecular weight excluding hydrogens is 188 g/mol. The van der Waals surface area contributed by atoms with Gasteiger partial charge in [-0.2, -0.15) is 0 Å². The van der Waals surface area contributed by atoms with Crippen LogP contribution in [0.5, 0.6) is 5.75 Å². The first-order chi connectivity index (χ1) is 7.09. The Labute approximate surface area is 91.2 Å². The lowest BCUT2D eigenvalue weighted by atomic mass is 10.0. The van der Waals surface area contributed by atoms with Gasteiger partial charge in [0.1, 0.15) is 18.5 Å². The van der Waals surface area contributed by atoms with E-state index in [1.807, 2.05) is 0 Å². The number of ether oxygens (including phenoxy) is 2. The average Bonchev–Trinajstić information content (AvgIpc) is 2.99. The maximum absolute atomic E-state index is 5.83.